The van der Waals surface area contributed by atoms with Gasteiger partial charge in [0.25, 0.3) is 0 Å². The van der Waals surface area contributed by atoms with Crippen LogP contribution in [0.5, 0.6) is 0 Å². The molecule has 0 saturated carbocycles. The second kappa shape index (κ2) is 15.7. The summed E-state index contributed by atoms with van der Waals surface area (Å²) in [5, 5.41) is 12.0. The van der Waals surface area contributed by atoms with E-state index in [4.69, 9.17) is 4.42 Å². The first-order valence-electron chi connectivity index (χ1n) is 23.7. The highest BCUT2D eigenvalue weighted by molar-refractivity contribution is 6.16. The summed E-state index contributed by atoms with van der Waals surface area (Å²) in [5.41, 5.74) is 15.4. The number of para-hydroxylation sites is 4. The Morgan fingerprint density at radius 3 is 1.54 bits per heavy atom. The van der Waals surface area contributed by atoms with Gasteiger partial charge >= 0.3 is 0 Å². The Bertz CT molecular complexity index is 4270. The predicted molar refractivity (Wildman–Crippen MR) is 292 cm³/mol. The summed E-state index contributed by atoms with van der Waals surface area (Å²) in [4.78, 5) is 2.45. The molecule has 0 aliphatic carbocycles. The highest BCUT2D eigenvalue weighted by Crippen LogP contribution is 2.47. The predicted octanol–water partition coefficient (Wildman–Crippen LogP) is 18.6. The first-order valence-corrected chi connectivity index (χ1v) is 23.7. The third-order valence-corrected chi connectivity index (χ3v) is 14.2. The molecule has 322 valence electrons. The summed E-state index contributed by atoms with van der Waals surface area (Å²) >= 11 is 0. The summed E-state index contributed by atoms with van der Waals surface area (Å²) < 4.78 is 8.99. The fourth-order valence-electron chi connectivity index (χ4n) is 10.9. The van der Waals surface area contributed by atoms with Crippen molar-refractivity contribution in [2.45, 2.75) is 0 Å². The Labute approximate surface area is 399 Å². The van der Waals surface area contributed by atoms with Gasteiger partial charge in [0, 0.05) is 49.4 Å². The SMILES string of the molecule is c1cc(-c2ccc(N(c3ccccc3-c3ccc4ccc5ccccc5c4c3)c3ccccc3-c3ccc4oc5c6ccccc6ccc5c4c3)cc2)cc(-n2c3ccccc3c3ccccc32)c1. The smallest absolute Gasteiger partial charge is 0.143 e. The van der Waals surface area contributed by atoms with Crippen molar-refractivity contribution < 1.29 is 4.42 Å². The van der Waals surface area contributed by atoms with E-state index < -0.39 is 0 Å². The molecule has 0 N–H and O–H groups in total. The summed E-state index contributed by atoms with van der Waals surface area (Å²) in [6.45, 7) is 0. The van der Waals surface area contributed by atoms with Crippen molar-refractivity contribution in [2.24, 2.45) is 0 Å². The highest BCUT2D eigenvalue weighted by Gasteiger charge is 2.22. The largest absolute Gasteiger partial charge is 0.455 e. The van der Waals surface area contributed by atoms with Crippen LogP contribution in [0, 0.1) is 0 Å². The lowest BCUT2D eigenvalue weighted by Crippen LogP contribution is -2.12. The van der Waals surface area contributed by atoms with Gasteiger partial charge in [0.2, 0.25) is 0 Å². The molecule has 0 fully saturated rings. The number of hydrogen-bond donors (Lipinski definition) is 0. The molecule has 0 aliphatic heterocycles. The number of anilines is 3. The lowest BCUT2D eigenvalue weighted by Gasteiger charge is -2.30. The zero-order valence-electron chi connectivity index (χ0n) is 37.6. The van der Waals surface area contributed by atoms with Crippen molar-refractivity contribution in [3.8, 4) is 39.1 Å². The van der Waals surface area contributed by atoms with Gasteiger partial charge in [0.15, 0.2) is 0 Å². The van der Waals surface area contributed by atoms with Crippen molar-refractivity contribution in [3.63, 3.8) is 0 Å². The number of hydrogen-bond acceptors (Lipinski definition) is 2. The molecule has 0 spiro atoms. The van der Waals surface area contributed by atoms with Gasteiger partial charge in [0.05, 0.1) is 22.4 Å². The number of fused-ring (bicyclic) bond motifs is 11. The first-order chi connectivity index (χ1) is 34.2. The van der Waals surface area contributed by atoms with E-state index in [2.05, 4.69) is 264 Å². The standard InChI is InChI=1S/C66H42N2O/c1-3-18-52-44(14-1)28-29-46-30-31-48(41-59(46)52)53-19-5-9-24-61(53)67(62-25-10-6-20-54(62)49-35-39-65-60(42-49)58-38-34-45-15-2-4-21-55(45)66(58)69-65)50-36-32-43(33-37-50)47-16-13-17-51(40-47)68-63-26-11-7-22-56(63)57-23-8-12-27-64(57)68/h1-42H. The minimum absolute atomic E-state index is 0.881. The normalized spacial score (nSPS) is 11.8. The first kappa shape index (κ1) is 39.0. The molecule has 0 aliphatic rings. The van der Waals surface area contributed by atoms with E-state index in [0.717, 1.165) is 83.5 Å². The van der Waals surface area contributed by atoms with Crippen LogP contribution < -0.4 is 4.90 Å². The second-order valence-electron chi connectivity index (χ2n) is 18.0. The lowest BCUT2D eigenvalue weighted by atomic mass is 9.95. The Kier molecular flexibility index (Phi) is 8.90. The maximum atomic E-state index is 6.60. The topological polar surface area (TPSA) is 21.3 Å². The van der Waals surface area contributed by atoms with E-state index in [-0.39, 0.29) is 0 Å². The molecule has 14 aromatic rings. The zero-order valence-corrected chi connectivity index (χ0v) is 37.6. The van der Waals surface area contributed by atoms with Crippen LogP contribution in [0.2, 0.25) is 0 Å². The van der Waals surface area contributed by atoms with Crippen LogP contribution in [0.1, 0.15) is 0 Å². The molecule has 2 heterocycles. The minimum Gasteiger partial charge on any atom is -0.455 e. The molecule has 0 unspecified atom stereocenters. The lowest BCUT2D eigenvalue weighted by molar-refractivity contribution is 0.672. The van der Waals surface area contributed by atoms with Gasteiger partial charge in [-0.05, 0) is 122 Å². The Hall–Kier alpha value is -9.18. The van der Waals surface area contributed by atoms with Crippen molar-refractivity contribution >= 4 is 93.1 Å². The average Bonchev–Trinajstić information content (AvgIpc) is 3.97. The summed E-state index contributed by atoms with van der Waals surface area (Å²) in [6.07, 6.45) is 0. The van der Waals surface area contributed by atoms with Crippen molar-refractivity contribution in [3.05, 3.63) is 255 Å². The molecule has 0 saturated heterocycles. The molecule has 0 amide bonds. The van der Waals surface area contributed by atoms with Gasteiger partial charge in [-0.1, -0.05) is 182 Å². The van der Waals surface area contributed by atoms with E-state index in [9.17, 15) is 0 Å². The fourth-order valence-corrected chi connectivity index (χ4v) is 10.9. The van der Waals surface area contributed by atoms with Crippen LogP contribution in [0.25, 0.3) is 115 Å². The van der Waals surface area contributed by atoms with Crippen molar-refractivity contribution in [1.29, 1.82) is 0 Å². The van der Waals surface area contributed by atoms with Crippen LogP contribution >= 0.6 is 0 Å². The van der Waals surface area contributed by atoms with Gasteiger partial charge in [-0.2, -0.15) is 0 Å². The molecule has 3 nitrogen and oxygen atoms in total. The molecule has 14 rings (SSSR count). The summed E-state index contributed by atoms with van der Waals surface area (Å²) in [6, 6.07) is 92.7. The van der Waals surface area contributed by atoms with E-state index in [1.807, 2.05) is 0 Å². The Balaban J connectivity index is 0.935. The highest BCUT2D eigenvalue weighted by atomic mass is 16.3. The molecule has 0 bridgehead atoms. The molecule has 2 aromatic heterocycles. The van der Waals surface area contributed by atoms with Crippen LogP contribution in [-0.4, -0.2) is 4.57 Å². The quantitative estimate of drug-likeness (QED) is 0.149. The summed E-state index contributed by atoms with van der Waals surface area (Å²) in [5.74, 6) is 0. The van der Waals surface area contributed by atoms with Gasteiger partial charge in [-0.15, -0.1) is 0 Å². The third-order valence-electron chi connectivity index (χ3n) is 14.2. The Morgan fingerprint density at radius 1 is 0.304 bits per heavy atom. The van der Waals surface area contributed by atoms with Crippen LogP contribution in [0.15, 0.2) is 259 Å². The number of aromatic nitrogens is 1. The monoisotopic (exact) mass is 878 g/mol. The van der Waals surface area contributed by atoms with Crippen molar-refractivity contribution in [1.82, 2.24) is 4.57 Å². The molecular weight excluding hydrogens is 837 g/mol. The maximum absolute atomic E-state index is 6.60. The Morgan fingerprint density at radius 2 is 0.826 bits per heavy atom. The number of nitrogens with zero attached hydrogens (tertiary/aromatic N) is 2. The summed E-state index contributed by atoms with van der Waals surface area (Å²) in [7, 11) is 0. The molecule has 69 heavy (non-hydrogen) atoms. The fraction of sp³-hybridized carbons (Fsp3) is 0. The number of furan rings is 1. The number of benzene rings is 12. The zero-order chi connectivity index (χ0) is 45.4. The molecular formula is C66H42N2O. The maximum Gasteiger partial charge on any atom is 0.143 e. The molecule has 3 heteroatoms. The number of rotatable bonds is 7. The van der Waals surface area contributed by atoms with Gasteiger partial charge < -0.3 is 13.9 Å². The van der Waals surface area contributed by atoms with E-state index in [0.29, 0.717) is 0 Å². The van der Waals surface area contributed by atoms with Gasteiger partial charge in [0.1, 0.15) is 11.2 Å². The van der Waals surface area contributed by atoms with Crippen LogP contribution in [0.3, 0.4) is 0 Å². The van der Waals surface area contributed by atoms with E-state index >= 15 is 0 Å². The van der Waals surface area contributed by atoms with Crippen molar-refractivity contribution in [2.75, 3.05) is 4.90 Å². The van der Waals surface area contributed by atoms with Gasteiger partial charge in [-0.25, -0.2) is 0 Å². The third kappa shape index (κ3) is 6.36. The second-order valence-corrected chi connectivity index (χ2v) is 18.0. The molecule has 0 radical (unpaired) electrons. The molecule has 12 aromatic carbocycles. The van der Waals surface area contributed by atoms with Crippen LogP contribution in [0.4, 0.5) is 17.1 Å². The van der Waals surface area contributed by atoms with E-state index in [1.165, 1.54) is 48.7 Å². The van der Waals surface area contributed by atoms with Crippen LogP contribution in [-0.2, 0) is 0 Å². The molecule has 0 atom stereocenters. The van der Waals surface area contributed by atoms with Gasteiger partial charge in [-0.3, -0.25) is 0 Å². The van der Waals surface area contributed by atoms with E-state index in [1.54, 1.807) is 0 Å². The minimum atomic E-state index is 0.881. The average molecular weight is 879 g/mol.